The van der Waals surface area contributed by atoms with Crippen LogP contribution in [-0.2, 0) is 10.4 Å². The van der Waals surface area contributed by atoms with Gasteiger partial charge in [-0.3, -0.25) is 9.11 Å². The Kier molecular flexibility index (Phi) is 17.2. The molecular formula is C16H36O5S. The molecule has 0 aromatic carbocycles. The fourth-order valence-corrected chi connectivity index (χ4v) is 2.32. The molecule has 3 N–H and O–H groups in total. The molecule has 0 saturated carbocycles. The molecule has 0 aromatic rings. The highest BCUT2D eigenvalue weighted by Gasteiger charge is 2.03. The van der Waals surface area contributed by atoms with Gasteiger partial charge in [0.25, 0.3) is 0 Å². The lowest BCUT2D eigenvalue weighted by molar-refractivity contribution is 0.227. The van der Waals surface area contributed by atoms with Crippen molar-refractivity contribution in [2.45, 2.75) is 85.0 Å². The third-order valence-corrected chi connectivity index (χ3v) is 3.76. The molecule has 2 unspecified atom stereocenters. The minimum Gasteiger partial charge on any atom is -0.396 e. The van der Waals surface area contributed by atoms with Crippen molar-refractivity contribution < 1.29 is 22.6 Å². The van der Waals surface area contributed by atoms with Crippen molar-refractivity contribution in [2.24, 2.45) is 11.8 Å². The highest BCUT2D eigenvalue weighted by atomic mass is 32.3. The topological polar surface area (TPSA) is 94.8 Å². The predicted octanol–water partition coefficient (Wildman–Crippen LogP) is 4.52. The molecule has 0 aliphatic carbocycles. The van der Waals surface area contributed by atoms with Crippen LogP contribution in [0.2, 0.25) is 0 Å². The Morgan fingerprint density at radius 3 is 1.50 bits per heavy atom. The van der Waals surface area contributed by atoms with Gasteiger partial charge in [-0.25, -0.2) is 0 Å². The smallest absolute Gasteiger partial charge is 0.394 e. The van der Waals surface area contributed by atoms with Gasteiger partial charge in [0.2, 0.25) is 0 Å². The van der Waals surface area contributed by atoms with E-state index >= 15 is 0 Å². The van der Waals surface area contributed by atoms with Crippen molar-refractivity contribution in [1.29, 1.82) is 0 Å². The molecule has 0 amide bonds. The molecule has 5 nitrogen and oxygen atoms in total. The summed E-state index contributed by atoms with van der Waals surface area (Å²) < 4.78 is 31.6. The molecule has 0 aliphatic heterocycles. The van der Waals surface area contributed by atoms with Gasteiger partial charge in [-0.2, -0.15) is 8.42 Å². The maximum Gasteiger partial charge on any atom is 0.394 e. The van der Waals surface area contributed by atoms with Crippen molar-refractivity contribution in [3.63, 3.8) is 0 Å². The summed E-state index contributed by atoms with van der Waals surface area (Å²) in [5.41, 5.74) is 0. The first kappa shape index (κ1) is 24.1. The van der Waals surface area contributed by atoms with E-state index in [1.54, 1.807) is 0 Å². The van der Waals surface area contributed by atoms with E-state index in [-0.39, 0.29) is 0 Å². The Balaban J connectivity index is 0. The van der Waals surface area contributed by atoms with Gasteiger partial charge in [0, 0.05) is 6.61 Å². The molecule has 22 heavy (non-hydrogen) atoms. The Labute approximate surface area is 137 Å². The summed E-state index contributed by atoms with van der Waals surface area (Å²) in [6.07, 6.45) is 13.7. The lowest BCUT2D eigenvalue weighted by Gasteiger charge is -2.11. The normalized spacial score (nSPS) is 14.1. The molecule has 0 saturated heterocycles. The average Bonchev–Trinajstić information content (AvgIpc) is 2.41. The van der Waals surface area contributed by atoms with E-state index in [1.807, 2.05) is 0 Å². The third-order valence-electron chi connectivity index (χ3n) is 3.76. The van der Waals surface area contributed by atoms with Gasteiger partial charge in [0.1, 0.15) is 0 Å². The van der Waals surface area contributed by atoms with Crippen LogP contribution in [0.15, 0.2) is 0 Å². The first-order valence-corrected chi connectivity index (χ1v) is 9.91. The molecule has 0 spiro atoms. The summed E-state index contributed by atoms with van der Waals surface area (Å²) in [6.45, 7) is 7.17. The van der Waals surface area contributed by atoms with Gasteiger partial charge in [-0.1, -0.05) is 78.6 Å². The molecule has 0 aromatic heterocycles. The molecule has 0 fully saturated rings. The van der Waals surface area contributed by atoms with Crippen molar-refractivity contribution in [3.8, 4) is 0 Å². The molecule has 0 radical (unpaired) electrons. The second-order valence-corrected chi connectivity index (χ2v) is 7.22. The van der Waals surface area contributed by atoms with Crippen LogP contribution >= 0.6 is 0 Å². The minimum absolute atomic E-state index is 0.355. The lowest BCUT2D eigenvalue weighted by Crippen LogP contribution is -2.00. The van der Waals surface area contributed by atoms with Gasteiger partial charge in [-0.05, 0) is 18.3 Å². The molecule has 0 heterocycles. The van der Waals surface area contributed by atoms with Crippen molar-refractivity contribution >= 4 is 10.4 Å². The van der Waals surface area contributed by atoms with Crippen LogP contribution in [0.3, 0.4) is 0 Å². The third kappa shape index (κ3) is 28.1. The SMILES string of the molecule is CCCCCCC(C)CCCCCC(C)CO.O=S(=O)(O)O. The van der Waals surface area contributed by atoms with Crippen LogP contribution in [0.1, 0.15) is 85.0 Å². The standard InChI is InChI=1S/C16H34O.H2O4S/c1-4-5-6-8-11-15(2)12-9-7-10-13-16(3)14-17;1-5(2,3)4/h15-17H,4-14H2,1-3H3;(H2,1,2,3,4). The fourth-order valence-electron chi connectivity index (χ4n) is 2.32. The molecule has 136 valence electrons. The quantitative estimate of drug-likeness (QED) is 0.359. The van der Waals surface area contributed by atoms with E-state index in [1.165, 1.54) is 64.2 Å². The molecule has 2 atom stereocenters. The summed E-state index contributed by atoms with van der Waals surface area (Å²) >= 11 is 0. The minimum atomic E-state index is -4.67. The Morgan fingerprint density at radius 1 is 0.773 bits per heavy atom. The molecule has 6 heteroatoms. The van der Waals surface area contributed by atoms with Crippen molar-refractivity contribution in [3.05, 3.63) is 0 Å². The monoisotopic (exact) mass is 340 g/mol. The summed E-state index contributed by atoms with van der Waals surface area (Å²) in [6, 6.07) is 0. The van der Waals surface area contributed by atoms with Crippen LogP contribution in [-0.4, -0.2) is 29.2 Å². The van der Waals surface area contributed by atoms with E-state index in [0.717, 1.165) is 5.92 Å². The fraction of sp³-hybridized carbons (Fsp3) is 1.00. The zero-order chi connectivity index (χ0) is 17.4. The Morgan fingerprint density at radius 2 is 1.14 bits per heavy atom. The molecule has 0 aliphatic rings. The van der Waals surface area contributed by atoms with Crippen LogP contribution in [0.5, 0.6) is 0 Å². The van der Waals surface area contributed by atoms with Gasteiger partial charge in [-0.15, -0.1) is 0 Å². The molecular weight excluding hydrogens is 304 g/mol. The van der Waals surface area contributed by atoms with Crippen LogP contribution in [0, 0.1) is 11.8 Å². The Bertz CT molecular complexity index is 308. The van der Waals surface area contributed by atoms with Gasteiger partial charge >= 0.3 is 10.4 Å². The summed E-state index contributed by atoms with van der Waals surface area (Å²) in [5.74, 6) is 1.42. The van der Waals surface area contributed by atoms with Crippen LogP contribution in [0.25, 0.3) is 0 Å². The summed E-state index contributed by atoms with van der Waals surface area (Å²) in [4.78, 5) is 0. The highest BCUT2D eigenvalue weighted by molar-refractivity contribution is 7.79. The second-order valence-electron chi connectivity index (χ2n) is 6.33. The number of unbranched alkanes of at least 4 members (excludes halogenated alkanes) is 5. The van der Waals surface area contributed by atoms with Gasteiger partial charge < -0.3 is 5.11 Å². The van der Waals surface area contributed by atoms with Gasteiger partial charge in [0.05, 0.1) is 0 Å². The number of hydrogen-bond donors (Lipinski definition) is 3. The zero-order valence-electron chi connectivity index (χ0n) is 14.5. The largest absolute Gasteiger partial charge is 0.396 e. The molecule has 0 bridgehead atoms. The number of aliphatic hydroxyl groups is 1. The van der Waals surface area contributed by atoms with E-state index in [4.69, 9.17) is 22.6 Å². The number of rotatable bonds is 12. The maximum atomic E-state index is 8.92. The first-order chi connectivity index (χ1) is 10.2. The summed E-state index contributed by atoms with van der Waals surface area (Å²) in [5, 5.41) is 8.92. The van der Waals surface area contributed by atoms with Crippen LogP contribution in [0.4, 0.5) is 0 Å². The summed E-state index contributed by atoms with van der Waals surface area (Å²) in [7, 11) is -4.67. The van der Waals surface area contributed by atoms with E-state index in [9.17, 15) is 0 Å². The van der Waals surface area contributed by atoms with E-state index < -0.39 is 10.4 Å². The van der Waals surface area contributed by atoms with Gasteiger partial charge in [0.15, 0.2) is 0 Å². The van der Waals surface area contributed by atoms with Crippen LogP contribution < -0.4 is 0 Å². The second kappa shape index (κ2) is 15.7. The average molecular weight is 341 g/mol. The van der Waals surface area contributed by atoms with E-state index in [0.29, 0.717) is 12.5 Å². The lowest BCUT2D eigenvalue weighted by atomic mass is 9.95. The molecule has 0 rings (SSSR count). The van der Waals surface area contributed by atoms with Crippen molar-refractivity contribution in [1.82, 2.24) is 0 Å². The number of aliphatic hydroxyl groups excluding tert-OH is 1. The maximum absolute atomic E-state index is 8.92. The van der Waals surface area contributed by atoms with E-state index in [2.05, 4.69) is 20.8 Å². The first-order valence-electron chi connectivity index (χ1n) is 8.51. The highest BCUT2D eigenvalue weighted by Crippen LogP contribution is 2.18. The van der Waals surface area contributed by atoms with Crippen molar-refractivity contribution in [2.75, 3.05) is 6.61 Å². The number of hydrogen-bond acceptors (Lipinski definition) is 3. The Hall–Kier alpha value is -0.170. The predicted molar refractivity (Wildman–Crippen MR) is 91.4 cm³/mol. The zero-order valence-corrected chi connectivity index (χ0v) is 15.3.